The fourth-order valence-electron chi connectivity index (χ4n) is 2.93. The zero-order chi connectivity index (χ0) is 21.5. The highest BCUT2D eigenvalue weighted by atomic mass is 32.1. The van der Waals surface area contributed by atoms with E-state index in [9.17, 15) is 9.59 Å². The van der Waals surface area contributed by atoms with Crippen LogP contribution in [0, 0.1) is 0 Å². The lowest BCUT2D eigenvalue weighted by Gasteiger charge is -2.08. The Hall–Kier alpha value is -3.13. The predicted molar refractivity (Wildman–Crippen MR) is 115 cm³/mol. The van der Waals surface area contributed by atoms with E-state index in [-0.39, 0.29) is 19.1 Å². The van der Waals surface area contributed by atoms with Crippen LogP contribution in [0.2, 0.25) is 0 Å². The zero-order valence-electron chi connectivity index (χ0n) is 17.2. The van der Waals surface area contributed by atoms with E-state index in [1.54, 1.807) is 29.7 Å². The summed E-state index contributed by atoms with van der Waals surface area (Å²) < 4.78 is 18.5. The average Bonchev–Trinajstić information content (AvgIpc) is 3.08. The fourth-order valence-corrected chi connectivity index (χ4v) is 4.04. The van der Waals surface area contributed by atoms with Gasteiger partial charge in [-0.15, -0.1) is 0 Å². The van der Waals surface area contributed by atoms with Crippen LogP contribution in [0.25, 0.3) is 10.2 Å². The normalized spacial score (nSPS) is 11.5. The first-order valence-electron chi connectivity index (χ1n) is 9.67. The van der Waals surface area contributed by atoms with E-state index in [0.29, 0.717) is 22.9 Å². The summed E-state index contributed by atoms with van der Waals surface area (Å²) in [6.07, 6.45) is 0.893. The molecule has 158 valence electrons. The molecule has 0 N–H and O–H groups in total. The number of nitrogens with zero attached hydrogens (tertiary/aromatic N) is 2. The van der Waals surface area contributed by atoms with Crippen LogP contribution in [-0.4, -0.2) is 36.8 Å². The van der Waals surface area contributed by atoms with E-state index in [0.717, 1.165) is 16.6 Å². The number of benzene rings is 2. The third kappa shape index (κ3) is 5.07. The van der Waals surface area contributed by atoms with E-state index in [1.807, 2.05) is 18.2 Å². The topological polar surface area (TPSA) is 79.1 Å². The molecule has 7 nitrogen and oxygen atoms in total. The number of hydrogen-bond acceptors (Lipinski definition) is 6. The Kier molecular flexibility index (Phi) is 7.24. The van der Waals surface area contributed by atoms with Crippen molar-refractivity contribution in [2.75, 3.05) is 20.3 Å². The third-order valence-electron chi connectivity index (χ3n) is 4.39. The molecule has 2 aromatic carbocycles. The van der Waals surface area contributed by atoms with E-state index < -0.39 is 5.91 Å². The molecule has 0 atom stereocenters. The number of esters is 1. The summed E-state index contributed by atoms with van der Waals surface area (Å²) in [6.45, 7) is 3.86. The lowest BCUT2D eigenvalue weighted by atomic mass is 10.2. The van der Waals surface area contributed by atoms with Crippen LogP contribution >= 0.6 is 11.3 Å². The van der Waals surface area contributed by atoms with Crippen molar-refractivity contribution in [2.24, 2.45) is 4.99 Å². The number of para-hydroxylation sites is 2. The number of methoxy groups -OCH3 is 1. The zero-order valence-corrected chi connectivity index (χ0v) is 18.0. The Morgan fingerprint density at radius 2 is 1.87 bits per heavy atom. The standard InChI is InChI=1S/C22H24N2O5S/c1-4-15-10-11-16-19(12-15)30-22(24(16)13-21(26)28-5-2)23-20(25)14-29-18-9-7-6-8-17(18)27-3/h6-12H,4-5,13-14H2,1-3H3. The van der Waals surface area contributed by atoms with Gasteiger partial charge in [0.05, 0.1) is 23.9 Å². The quantitative estimate of drug-likeness (QED) is 0.514. The predicted octanol–water partition coefficient (Wildman–Crippen LogP) is 3.34. The van der Waals surface area contributed by atoms with Gasteiger partial charge >= 0.3 is 5.97 Å². The first kappa shape index (κ1) is 21.6. The number of hydrogen-bond donors (Lipinski definition) is 0. The smallest absolute Gasteiger partial charge is 0.326 e. The minimum absolute atomic E-state index is 0.0151. The monoisotopic (exact) mass is 428 g/mol. The Morgan fingerprint density at radius 1 is 1.10 bits per heavy atom. The molecule has 0 spiro atoms. The molecule has 0 saturated carbocycles. The molecule has 3 rings (SSSR count). The van der Waals surface area contributed by atoms with E-state index in [4.69, 9.17) is 14.2 Å². The number of ether oxygens (including phenoxy) is 3. The van der Waals surface area contributed by atoms with Gasteiger partial charge in [-0.3, -0.25) is 9.59 Å². The third-order valence-corrected chi connectivity index (χ3v) is 5.43. The van der Waals surface area contributed by atoms with E-state index in [1.165, 1.54) is 24.0 Å². The Bertz CT molecular complexity index is 1120. The molecular formula is C22H24N2O5S. The van der Waals surface area contributed by atoms with Crippen LogP contribution in [0.5, 0.6) is 11.5 Å². The van der Waals surface area contributed by atoms with Gasteiger partial charge in [-0.1, -0.05) is 36.5 Å². The molecule has 1 amide bonds. The van der Waals surface area contributed by atoms with Crippen molar-refractivity contribution >= 4 is 33.4 Å². The van der Waals surface area contributed by atoms with Gasteiger partial charge in [0.1, 0.15) is 6.54 Å². The number of rotatable bonds is 8. The maximum absolute atomic E-state index is 12.5. The lowest BCUT2D eigenvalue weighted by Crippen LogP contribution is -2.24. The minimum atomic E-state index is -0.458. The van der Waals surface area contributed by atoms with Crippen molar-refractivity contribution in [1.29, 1.82) is 0 Å². The van der Waals surface area contributed by atoms with Crippen molar-refractivity contribution in [2.45, 2.75) is 26.8 Å². The first-order valence-corrected chi connectivity index (χ1v) is 10.5. The van der Waals surface area contributed by atoms with Crippen LogP contribution in [0.4, 0.5) is 0 Å². The van der Waals surface area contributed by atoms with Gasteiger partial charge in [-0.25, -0.2) is 0 Å². The summed E-state index contributed by atoms with van der Waals surface area (Å²) in [5, 5.41) is 0. The number of aromatic nitrogens is 1. The van der Waals surface area contributed by atoms with E-state index in [2.05, 4.69) is 18.0 Å². The van der Waals surface area contributed by atoms with Gasteiger partial charge in [-0.05, 0) is 43.2 Å². The highest BCUT2D eigenvalue weighted by Crippen LogP contribution is 2.25. The molecular weight excluding hydrogens is 404 g/mol. The molecule has 0 bridgehead atoms. The van der Waals surface area contributed by atoms with Crippen LogP contribution in [0.3, 0.4) is 0 Å². The van der Waals surface area contributed by atoms with Gasteiger partial charge in [0, 0.05) is 0 Å². The number of carbonyl (C=O) groups is 2. The summed E-state index contributed by atoms with van der Waals surface area (Å²) in [6, 6.07) is 13.1. The first-order chi connectivity index (χ1) is 14.5. The molecule has 0 aliphatic carbocycles. The molecule has 3 aromatic rings. The maximum Gasteiger partial charge on any atom is 0.326 e. The van der Waals surface area contributed by atoms with Gasteiger partial charge in [0.25, 0.3) is 5.91 Å². The average molecular weight is 429 g/mol. The van der Waals surface area contributed by atoms with Crippen molar-refractivity contribution in [3.8, 4) is 11.5 Å². The Morgan fingerprint density at radius 3 is 2.57 bits per heavy atom. The molecule has 8 heteroatoms. The molecule has 1 heterocycles. The Balaban J connectivity index is 1.91. The molecule has 0 radical (unpaired) electrons. The van der Waals surface area contributed by atoms with Crippen LogP contribution < -0.4 is 14.3 Å². The highest BCUT2D eigenvalue weighted by Gasteiger charge is 2.13. The Labute approximate surface area is 178 Å². The van der Waals surface area contributed by atoms with Crippen molar-refractivity contribution < 1.29 is 23.8 Å². The van der Waals surface area contributed by atoms with Gasteiger partial charge in [-0.2, -0.15) is 4.99 Å². The summed E-state index contributed by atoms with van der Waals surface area (Å²) in [5.74, 6) is 0.167. The number of amides is 1. The molecule has 0 aliphatic heterocycles. The van der Waals surface area contributed by atoms with Crippen molar-refractivity contribution in [3.05, 3.63) is 52.8 Å². The minimum Gasteiger partial charge on any atom is -0.493 e. The lowest BCUT2D eigenvalue weighted by molar-refractivity contribution is -0.143. The maximum atomic E-state index is 12.5. The summed E-state index contributed by atoms with van der Waals surface area (Å²) in [4.78, 5) is 29.2. The molecule has 30 heavy (non-hydrogen) atoms. The number of carbonyl (C=O) groups excluding carboxylic acids is 2. The second-order valence-electron chi connectivity index (χ2n) is 6.38. The van der Waals surface area contributed by atoms with Crippen molar-refractivity contribution in [3.63, 3.8) is 0 Å². The summed E-state index contributed by atoms with van der Waals surface area (Å²) >= 11 is 1.36. The second kappa shape index (κ2) is 10.1. The van der Waals surface area contributed by atoms with Gasteiger partial charge in [0.2, 0.25) is 0 Å². The van der Waals surface area contributed by atoms with Crippen LogP contribution in [0.1, 0.15) is 19.4 Å². The van der Waals surface area contributed by atoms with Gasteiger partial charge in [0.15, 0.2) is 22.9 Å². The van der Waals surface area contributed by atoms with E-state index >= 15 is 0 Å². The SMILES string of the molecule is CCOC(=O)Cn1c(=NC(=O)COc2ccccc2OC)sc2cc(CC)ccc21. The number of fused-ring (bicyclic) bond motifs is 1. The van der Waals surface area contributed by atoms with Crippen LogP contribution in [0.15, 0.2) is 47.5 Å². The summed E-state index contributed by atoms with van der Waals surface area (Å²) in [5.41, 5.74) is 2.01. The molecule has 0 fully saturated rings. The molecule has 0 saturated heterocycles. The number of thiazole rings is 1. The largest absolute Gasteiger partial charge is 0.493 e. The van der Waals surface area contributed by atoms with Crippen LogP contribution in [-0.2, 0) is 27.3 Å². The fraction of sp³-hybridized carbons (Fsp3) is 0.318. The molecule has 1 aromatic heterocycles. The molecule has 0 aliphatic rings. The van der Waals surface area contributed by atoms with Crippen molar-refractivity contribution in [1.82, 2.24) is 4.57 Å². The highest BCUT2D eigenvalue weighted by molar-refractivity contribution is 7.16. The molecule has 0 unspecified atom stereocenters. The van der Waals surface area contributed by atoms with Gasteiger partial charge < -0.3 is 18.8 Å². The number of aryl methyl sites for hydroxylation is 1. The summed E-state index contributed by atoms with van der Waals surface area (Å²) in [7, 11) is 1.54. The second-order valence-corrected chi connectivity index (χ2v) is 7.39.